The normalized spacial score (nSPS) is 25.9. The van der Waals surface area contributed by atoms with Crippen LogP contribution in [0.15, 0.2) is 54.6 Å². The van der Waals surface area contributed by atoms with Gasteiger partial charge in [-0.25, -0.2) is 0 Å². The van der Waals surface area contributed by atoms with E-state index in [-0.39, 0.29) is 0 Å². The summed E-state index contributed by atoms with van der Waals surface area (Å²) in [6, 6.07) is 20.1. The fourth-order valence-electron chi connectivity index (χ4n) is 7.67. The second-order valence-electron chi connectivity index (χ2n) is 12.2. The van der Waals surface area contributed by atoms with Gasteiger partial charge >= 0.3 is 6.01 Å². The van der Waals surface area contributed by atoms with Gasteiger partial charge in [-0.15, -0.1) is 0 Å². The number of halogens is 1. The molecule has 1 aromatic heterocycles. The lowest BCUT2D eigenvalue weighted by Crippen LogP contribution is -2.38. The van der Waals surface area contributed by atoms with Crippen molar-refractivity contribution in [3.8, 4) is 17.1 Å². The number of ether oxygens (including phenoxy) is 2. The van der Waals surface area contributed by atoms with Crippen molar-refractivity contribution >= 4 is 39.1 Å². The molecule has 1 saturated carbocycles. The Morgan fingerprint density at radius 1 is 0.950 bits per heavy atom. The molecule has 3 aliphatic heterocycles. The van der Waals surface area contributed by atoms with E-state index in [1.807, 2.05) is 12.1 Å². The highest BCUT2D eigenvalue weighted by Gasteiger charge is 2.38. The standard InChI is InChI=1S/C33H35ClN4O2/c34-29-7-2-5-23-4-1-6-27(31(23)29)24-10-11-28-30(15-24)35-33(36-32(28)38-17-21-8-9-22(14-21)18-38)39-13-3-12-37-19-26-16-25(37)20-40-26/h1-2,4-7,10-11,15,21-22,25-26H,3,8-9,12-14,16-20H2/t21?,22?,25-,26-/m0/s1. The molecule has 1 aliphatic carbocycles. The third-order valence-corrected chi connectivity index (χ3v) is 9.88. The van der Waals surface area contributed by atoms with Crippen LogP contribution in [0.1, 0.15) is 32.1 Å². The Morgan fingerprint density at radius 2 is 1.80 bits per heavy atom. The molecule has 6 nitrogen and oxygen atoms in total. The molecule has 0 N–H and O–H groups in total. The quantitative estimate of drug-likeness (QED) is 0.240. The minimum atomic E-state index is 0.433. The van der Waals surface area contributed by atoms with E-state index in [0.717, 1.165) is 94.7 Å². The fourth-order valence-corrected chi connectivity index (χ4v) is 7.95. The summed E-state index contributed by atoms with van der Waals surface area (Å²) in [5.74, 6) is 2.56. The third-order valence-electron chi connectivity index (χ3n) is 9.56. The van der Waals surface area contributed by atoms with Crippen LogP contribution >= 0.6 is 11.6 Å². The van der Waals surface area contributed by atoms with Gasteiger partial charge < -0.3 is 14.4 Å². The number of rotatable bonds is 7. The van der Waals surface area contributed by atoms with E-state index >= 15 is 0 Å². The van der Waals surface area contributed by atoms with E-state index in [1.165, 1.54) is 25.7 Å². The number of piperidine rings is 1. The molecule has 7 heteroatoms. The van der Waals surface area contributed by atoms with Crippen LogP contribution in [-0.2, 0) is 4.74 Å². The van der Waals surface area contributed by atoms with E-state index < -0.39 is 0 Å². The van der Waals surface area contributed by atoms with Crippen LogP contribution in [0, 0.1) is 11.8 Å². The minimum Gasteiger partial charge on any atom is -0.463 e. The van der Waals surface area contributed by atoms with Crippen molar-refractivity contribution in [3.63, 3.8) is 0 Å². The lowest BCUT2D eigenvalue weighted by Gasteiger charge is -2.33. The van der Waals surface area contributed by atoms with Crippen LogP contribution in [0.4, 0.5) is 5.82 Å². The zero-order chi connectivity index (χ0) is 26.6. The van der Waals surface area contributed by atoms with Gasteiger partial charge in [-0.05, 0) is 78.7 Å². The third kappa shape index (κ3) is 4.50. The molecule has 0 spiro atoms. The molecule has 4 bridgehead atoms. The van der Waals surface area contributed by atoms with Crippen molar-refractivity contribution in [2.75, 3.05) is 44.3 Å². The predicted octanol–water partition coefficient (Wildman–Crippen LogP) is 6.58. The molecule has 4 aliphatic rings. The zero-order valence-electron chi connectivity index (χ0n) is 22.8. The van der Waals surface area contributed by atoms with E-state index in [9.17, 15) is 0 Å². The molecule has 8 rings (SSSR count). The maximum absolute atomic E-state index is 6.69. The van der Waals surface area contributed by atoms with Gasteiger partial charge in [0.05, 0.1) is 24.8 Å². The van der Waals surface area contributed by atoms with E-state index in [2.05, 4.69) is 52.3 Å². The number of aromatic nitrogens is 2. The van der Waals surface area contributed by atoms with Gasteiger partial charge in [-0.2, -0.15) is 9.97 Å². The topological polar surface area (TPSA) is 50.7 Å². The van der Waals surface area contributed by atoms with Crippen molar-refractivity contribution in [1.82, 2.24) is 14.9 Å². The molecular formula is C33H35ClN4O2. The Bertz CT molecular complexity index is 1560. The molecule has 0 radical (unpaired) electrons. The summed E-state index contributed by atoms with van der Waals surface area (Å²) in [4.78, 5) is 15.0. The van der Waals surface area contributed by atoms with Gasteiger partial charge in [-0.1, -0.05) is 48.0 Å². The SMILES string of the molecule is Clc1cccc2cccc(-c3ccc4c(N5CC6CCC(C6)C5)nc(OCCCN5C[C@@H]6C[C@H]5CO6)nc4c3)c12. The number of nitrogens with zero attached hydrogens (tertiary/aromatic N) is 4. The average Bonchev–Trinajstić information content (AvgIpc) is 3.70. The number of hydrogen-bond acceptors (Lipinski definition) is 6. The first kappa shape index (κ1) is 24.8. The molecule has 4 atom stereocenters. The van der Waals surface area contributed by atoms with Crippen molar-refractivity contribution in [2.45, 2.75) is 44.2 Å². The van der Waals surface area contributed by atoms with Gasteiger partial charge in [0.2, 0.25) is 0 Å². The lowest BCUT2D eigenvalue weighted by molar-refractivity contribution is 0.0287. The molecule has 3 saturated heterocycles. The number of benzene rings is 3. The molecular weight excluding hydrogens is 520 g/mol. The van der Waals surface area contributed by atoms with Crippen LogP contribution in [0.2, 0.25) is 5.02 Å². The number of fused-ring (bicyclic) bond motifs is 6. The van der Waals surface area contributed by atoms with Gasteiger partial charge in [0.25, 0.3) is 0 Å². The number of likely N-dealkylation sites (tertiary alicyclic amines) is 1. The van der Waals surface area contributed by atoms with Crippen LogP contribution in [0.5, 0.6) is 6.01 Å². The number of morpholine rings is 1. The van der Waals surface area contributed by atoms with Crippen molar-refractivity contribution in [1.29, 1.82) is 0 Å². The Morgan fingerprint density at radius 3 is 2.60 bits per heavy atom. The first-order valence-corrected chi connectivity index (χ1v) is 15.3. The summed E-state index contributed by atoms with van der Waals surface area (Å²) in [6.07, 6.45) is 6.61. The van der Waals surface area contributed by atoms with Gasteiger partial charge in [-0.3, -0.25) is 4.90 Å². The minimum absolute atomic E-state index is 0.433. The van der Waals surface area contributed by atoms with Crippen LogP contribution in [-0.4, -0.2) is 66.4 Å². The molecule has 0 amide bonds. The molecule has 4 aromatic rings. The van der Waals surface area contributed by atoms with Gasteiger partial charge in [0, 0.05) is 48.0 Å². The number of hydrogen-bond donors (Lipinski definition) is 0. The Kier molecular flexibility index (Phi) is 6.31. The van der Waals surface area contributed by atoms with Crippen LogP contribution in [0.3, 0.4) is 0 Å². The fraction of sp³-hybridized carbons (Fsp3) is 0.455. The molecule has 4 fully saturated rings. The summed E-state index contributed by atoms with van der Waals surface area (Å²) < 4.78 is 12.0. The Hall–Kier alpha value is -2.93. The largest absolute Gasteiger partial charge is 0.463 e. The monoisotopic (exact) mass is 554 g/mol. The summed E-state index contributed by atoms with van der Waals surface area (Å²) in [7, 11) is 0. The van der Waals surface area contributed by atoms with E-state index in [4.69, 9.17) is 31.0 Å². The molecule has 40 heavy (non-hydrogen) atoms. The van der Waals surface area contributed by atoms with Gasteiger partial charge in [0.1, 0.15) is 5.82 Å². The average molecular weight is 555 g/mol. The first-order valence-electron chi connectivity index (χ1n) is 14.9. The maximum atomic E-state index is 6.69. The molecule has 4 heterocycles. The predicted molar refractivity (Wildman–Crippen MR) is 160 cm³/mol. The zero-order valence-corrected chi connectivity index (χ0v) is 23.5. The lowest BCUT2D eigenvalue weighted by atomic mass is 9.96. The molecule has 2 unspecified atom stereocenters. The van der Waals surface area contributed by atoms with E-state index in [1.54, 1.807) is 0 Å². The summed E-state index contributed by atoms with van der Waals surface area (Å²) in [5, 5.41) is 4.07. The first-order chi connectivity index (χ1) is 19.7. The van der Waals surface area contributed by atoms with Crippen LogP contribution < -0.4 is 9.64 Å². The van der Waals surface area contributed by atoms with Gasteiger partial charge in [0.15, 0.2) is 0 Å². The molecule has 206 valence electrons. The summed E-state index contributed by atoms with van der Waals surface area (Å²) >= 11 is 6.69. The number of anilines is 1. The Balaban J connectivity index is 1.12. The van der Waals surface area contributed by atoms with Crippen molar-refractivity contribution < 1.29 is 9.47 Å². The smallest absolute Gasteiger partial charge is 0.318 e. The van der Waals surface area contributed by atoms with Crippen molar-refractivity contribution in [3.05, 3.63) is 59.6 Å². The highest BCUT2D eigenvalue weighted by molar-refractivity contribution is 6.36. The highest BCUT2D eigenvalue weighted by Crippen LogP contribution is 2.41. The summed E-state index contributed by atoms with van der Waals surface area (Å²) in [5.41, 5.74) is 3.15. The molecule has 3 aromatic carbocycles. The summed E-state index contributed by atoms with van der Waals surface area (Å²) in [6.45, 7) is 5.73. The highest BCUT2D eigenvalue weighted by atomic mass is 35.5. The van der Waals surface area contributed by atoms with Crippen LogP contribution in [0.25, 0.3) is 32.8 Å². The van der Waals surface area contributed by atoms with E-state index in [0.29, 0.717) is 24.8 Å². The van der Waals surface area contributed by atoms with Crippen molar-refractivity contribution in [2.24, 2.45) is 11.8 Å². The maximum Gasteiger partial charge on any atom is 0.318 e. The second kappa shape index (κ2) is 10.2. The Labute approximate surface area is 240 Å². The second-order valence-corrected chi connectivity index (χ2v) is 12.6.